The van der Waals surface area contributed by atoms with Gasteiger partial charge in [-0.3, -0.25) is 0 Å². The van der Waals surface area contributed by atoms with Crippen molar-refractivity contribution in [1.82, 2.24) is 4.57 Å². The monoisotopic (exact) mass is 367 g/mol. The molecule has 140 valence electrons. The van der Waals surface area contributed by atoms with E-state index in [1.165, 1.54) is 39.3 Å². The number of aromatic nitrogens is 2. The fraction of sp³-hybridized carbons (Fsp3) is 0.192. The molecule has 0 atom stereocenters. The third-order valence-electron chi connectivity index (χ3n) is 5.39. The van der Waals surface area contributed by atoms with E-state index in [0.717, 1.165) is 0 Å². The van der Waals surface area contributed by atoms with Crippen LogP contribution in [-0.4, -0.2) is 4.57 Å². The molecule has 0 saturated carbocycles. The Kier molecular flexibility index (Phi) is 4.87. The molecule has 2 aromatic carbocycles. The van der Waals surface area contributed by atoms with Crippen LogP contribution in [0.5, 0.6) is 0 Å². The van der Waals surface area contributed by atoms with Crippen molar-refractivity contribution in [3.8, 4) is 28.2 Å². The molecule has 2 heteroatoms. The molecule has 2 heterocycles. The first-order valence-corrected chi connectivity index (χ1v) is 9.89. The number of para-hydroxylation sites is 1. The first-order valence-electron chi connectivity index (χ1n) is 9.89. The van der Waals surface area contributed by atoms with Gasteiger partial charge in [0, 0.05) is 23.5 Å². The zero-order chi connectivity index (χ0) is 19.7. The van der Waals surface area contributed by atoms with E-state index in [0.29, 0.717) is 5.92 Å². The second-order valence-electron chi connectivity index (χ2n) is 7.71. The van der Waals surface area contributed by atoms with Crippen LogP contribution < -0.4 is 4.57 Å². The molecule has 0 fully saturated rings. The van der Waals surface area contributed by atoms with E-state index < -0.39 is 0 Å². The van der Waals surface area contributed by atoms with Crippen LogP contribution in [0.15, 0.2) is 85.2 Å². The molecular weight excluding hydrogens is 340 g/mol. The van der Waals surface area contributed by atoms with Gasteiger partial charge < -0.3 is 4.57 Å². The van der Waals surface area contributed by atoms with Crippen molar-refractivity contribution < 1.29 is 4.57 Å². The number of nitrogens with zero attached hydrogens (tertiary/aromatic N) is 2. The molecule has 0 aliphatic rings. The largest absolute Gasteiger partial charge is 0.311 e. The molecule has 28 heavy (non-hydrogen) atoms. The number of hydrogen-bond acceptors (Lipinski definition) is 0. The molecule has 0 saturated heterocycles. The minimum absolute atomic E-state index is 0.473. The van der Waals surface area contributed by atoms with Crippen molar-refractivity contribution >= 4 is 0 Å². The predicted octanol–water partition coefficient (Wildman–Crippen LogP) is 6.07. The summed E-state index contributed by atoms with van der Waals surface area (Å²) in [6, 6.07) is 25.9. The van der Waals surface area contributed by atoms with E-state index in [1.807, 2.05) is 0 Å². The molecule has 0 radical (unpaired) electrons. The number of benzene rings is 2. The standard InChI is InChI=1S/C26H27N2/c1-19(2)23-12-8-9-13-24(23)28-17-16-20(3)26(28)25-15-14-22(18-27(25)4)21-10-6-5-7-11-21/h5-19H,1-4H3/q+1. The van der Waals surface area contributed by atoms with Crippen LogP contribution >= 0.6 is 0 Å². The lowest BCUT2D eigenvalue weighted by Crippen LogP contribution is -2.31. The van der Waals surface area contributed by atoms with E-state index >= 15 is 0 Å². The second kappa shape index (κ2) is 7.47. The van der Waals surface area contributed by atoms with Crippen molar-refractivity contribution in [2.75, 3.05) is 0 Å². The molecule has 0 spiro atoms. The van der Waals surface area contributed by atoms with Crippen LogP contribution in [0.1, 0.15) is 30.9 Å². The van der Waals surface area contributed by atoms with Gasteiger partial charge in [-0.15, -0.1) is 0 Å². The number of hydrogen-bond donors (Lipinski definition) is 0. The van der Waals surface area contributed by atoms with Gasteiger partial charge in [-0.1, -0.05) is 62.4 Å². The fourth-order valence-electron chi connectivity index (χ4n) is 3.91. The lowest BCUT2D eigenvalue weighted by molar-refractivity contribution is -0.660. The van der Waals surface area contributed by atoms with Crippen LogP contribution in [0.3, 0.4) is 0 Å². The van der Waals surface area contributed by atoms with E-state index in [-0.39, 0.29) is 0 Å². The predicted molar refractivity (Wildman–Crippen MR) is 117 cm³/mol. The summed E-state index contributed by atoms with van der Waals surface area (Å²) in [5, 5.41) is 0. The van der Waals surface area contributed by atoms with Crippen molar-refractivity contribution in [3.05, 3.63) is 96.3 Å². The van der Waals surface area contributed by atoms with Gasteiger partial charge in [0.2, 0.25) is 5.69 Å². The van der Waals surface area contributed by atoms with Gasteiger partial charge in [0.25, 0.3) is 0 Å². The Morgan fingerprint density at radius 1 is 0.786 bits per heavy atom. The summed E-state index contributed by atoms with van der Waals surface area (Å²) in [7, 11) is 2.13. The Bertz CT molecular complexity index is 1100. The third kappa shape index (κ3) is 3.27. The molecule has 0 aliphatic heterocycles. The van der Waals surface area contributed by atoms with E-state index in [9.17, 15) is 0 Å². The smallest absolute Gasteiger partial charge is 0.229 e. The van der Waals surface area contributed by atoms with Crippen molar-refractivity contribution in [2.24, 2.45) is 7.05 Å². The van der Waals surface area contributed by atoms with Crippen LogP contribution in [-0.2, 0) is 7.05 Å². The summed E-state index contributed by atoms with van der Waals surface area (Å²) in [4.78, 5) is 0. The highest BCUT2D eigenvalue weighted by atomic mass is 15.0. The summed E-state index contributed by atoms with van der Waals surface area (Å²) >= 11 is 0. The van der Waals surface area contributed by atoms with Gasteiger partial charge in [0.1, 0.15) is 12.7 Å². The highest BCUT2D eigenvalue weighted by Gasteiger charge is 2.20. The lowest BCUT2D eigenvalue weighted by atomic mass is 10.0. The van der Waals surface area contributed by atoms with Gasteiger partial charge in [0.05, 0.1) is 0 Å². The number of rotatable bonds is 4. The Morgan fingerprint density at radius 3 is 2.21 bits per heavy atom. The highest BCUT2D eigenvalue weighted by Crippen LogP contribution is 2.30. The summed E-state index contributed by atoms with van der Waals surface area (Å²) in [6.45, 7) is 6.70. The number of aryl methyl sites for hydroxylation is 2. The Labute approximate surface area is 167 Å². The maximum absolute atomic E-state index is 2.34. The normalized spacial score (nSPS) is 11.2. The average Bonchev–Trinajstić information content (AvgIpc) is 3.09. The molecule has 4 aromatic rings. The van der Waals surface area contributed by atoms with Gasteiger partial charge in [0.15, 0.2) is 6.20 Å². The van der Waals surface area contributed by atoms with Crippen molar-refractivity contribution in [1.29, 1.82) is 0 Å². The molecule has 0 N–H and O–H groups in total. The van der Waals surface area contributed by atoms with Crippen LogP contribution in [0, 0.1) is 6.92 Å². The number of pyridine rings is 1. The summed E-state index contributed by atoms with van der Waals surface area (Å²) in [5.41, 5.74) is 8.82. The van der Waals surface area contributed by atoms with E-state index in [1.54, 1.807) is 0 Å². The summed E-state index contributed by atoms with van der Waals surface area (Å²) < 4.78 is 4.57. The SMILES string of the molecule is Cc1ccn(-c2ccccc2C(C)C)c1-c1ccc(-c2ccccc2)c[n+]1C. The van der Waals surface area contributed by atoms with Gasteiger partial charge in [-0.25, -0.2) is 0 Å². The molecule has 2 nitrogen and oxygen atoms in total. The molecule has 0 unspecified atom stereocenters. The highest BCUT2D eigenvalue weighted by molar-refractivity contribution is 5.66. The van der Waals surface area contributed by atoms with Crippen molar-refractivity contribution in [3.63, 3.8) is 0 Å². The zero-order valence-corrected chi connectivity index (χ0v) is 17.1. The maximum Gasteiger partial charge on any atom is 0.229 e. The first-order chi connectivity index (χ1) is 13.6. The lowest BCUT2D eigenvalue weighted by Gasteiger charge is -2.16. The first kappa shape index (κ1) is 18.2. The van der Waals surface area contributed by atoms with Crippen LogP contribution in [0.25, 0.3) is 28.2 Å². The fourth-order valence-corrected chi connectivity index (χ4v) is 3.91. The summed E-state index contributed by atoms with van der Waals surface area (Å²) in [5.74, 6) is 0.473. The molecule has 2 aromatic heterocycles. The van der Waals surface area contributed by atoms with E-state index in [2.05, 4.69) is 122 Å². The van der Waals surface area contributed by atoms with Crippen molar-refractivity contribution in [2.45, 2.75) is 26.7 Å². The Balaban J connectivity index is 1.85. The van der Waals surface area contributed by atoms with Crippen LogP contribution in [0.4, 0.5) is 0 Å². The average molecular weight is 368 g/mol. The van der Waals surface area contributed by atoms with Crippen LogP contribution in [0.2, 0.25) is 0 Å². The summed E-state index contributed by atoms with van der Waals surface area (Å²) in [6.07, 6.45) is 4.41. The van der Waals surface area contributed by atoms with Gasteiger partial charge in [-0.05, 0) is 47.7 Å². The Morgan fingerprint density at radius 2 is 1.50 bits per heavy atom. The molecule has 0 bridgehead atoms. The second-order valence-corrected chi connectivity index (χ2v) is 7.71. The molecule has 0 amide bonds. The molecular formula is C26H27N2+. The topological polar surface area (TPSA) is 8.81 Å². The van der Waals surface area contributed by atoms with Gasteiger partial charge >= 0.3 is 0 Å². The zero-order valence-electron chi connectivity index (χ0n) is 17.1. The molecule has 0 aliphatic carbocycles. The maximum atomic E-state index is 2.34. The van der Waals surface area contributed by atoms with Gasteiger partial charge in [-0.2, -0.15) is 4.57 Å². The Hall–Kier alpha value is -3.13. The quantitative estimate of drug-likeness (QED) is 0.387. The minimum atomic E-state index is 0.473. The van der Waals surface area contributed by atoms with E-state index in [4.69, 9.17) is 0 Å². The minimum Gasteiger partial charge on any atom is -0.311 e. The molecule has 4 rings (SSSR count). The third-order valence-corrected chi connectivity index (χ3v) is 5.39.